The highest BCUT2D eigenvalue weighted by molar-refractivity contribution is 5.91. The van der Waals surface area contributed by atoms with Crippen LogP contribution in [0.4, 0.5) is 0 Å². The summed E-state index contributed by atoms with van der Waals surface area (Å²) >= 11 is 0. The maximum atomic E-state index is 5.97. The highest BCUT2D eigenvalue weighted by Gasteiger charge is 2.15. The van der Waals surface area contributed by atoms with E-state index >= 15 is 0 Å². The molecule has 1 aliphatic carbocycles. The van der Waals surface area contributed by atoms with Crippen molar-refractivity contribution in [2.75, 3.05) is 7.11 Å². The summed E-state index contributed by atoms with van der Waals surface area (Å²) in [6, 6.07) is 7.84. The maximum Gasteiger partial charge on any atom is 0.138 e. The van der Waals surface area contributed by atoms with Crippen molar-refractivity contribution >= 4 is 16.5 Å². The molecule has 3 rings (SSSR count). The van der Waals surface area contributed by atoms with E-state index in [9.17, 15) is 0 Å². The van der Waals surface area contributed by atoms with Crippen molar-refractivity contribution in [2.45, 2.75) is 6.92 Å². The molecule has 2 nitrogen and oxygen atoms in total. The fourth-order valence-corrected chi connectivity index (χ4v) is 2.26. The number of hydrogen-bond donors (Lipinski definition) is 0. The van der Waals surface area contributed by atoms with Crippen LogP contribution in [0, 0.1) is 0 Å². The topological polar surface area (TPSA) is 22.4 Å². The minimum absolute atomic E-state index is 0.824. The lowest BCUT2D eigenvalue weighted by atomic mass is 9.95. The Hall–Kier alpha value is -2.48. The number of furan rings is 1. The van der Waals surface area contributed by atoms with Crippen LogP contribution in [0.2, 0.25) is 0 Å². The molecule has 2 aromatic rings. The Morgan fingerprint density at radius 3 is 2.75 bits per heavy atom. The highest BCUT2D eigenvalue weighted by atomic mass is 16.5. The molecule has 1 heterocycles. The summed E-state index contributed by atoms with van der Waals surface area (Å²) < 4.78 is 11.3. The average molecular weight is 264 g/mol. The average Bonchev–Trinajstić information content (AvgIpc) is 2.78. The second kappa shape index (κ2) is 4.89. The Morgan fingerprint density at radius 2 is 2.15 bits per heavy atom. The molecule has 0 spiro atoms. The van der Waals surface area contributed by atoms with Crippen LogP contribution in [0.3, 0.4) is 0 Å². The Balaban J connectivity index is 2.14. The molecule has 0 radical (unpaired) electrons. The van der Waals surface area contributed by atoms with Gasteiger partial charge in [-0.1, -0.05) is 36.4 Å². The predicted octanol–water partition coefficient (Wildman–Crippen LogP) is 4.90. The van der Waals surface area contributed by atoms with Gasteiger partial charge in [-0.25, -0.2) is 0 Å². The van der Waals surface area contributed by atoms with E-state index in [1.54, 1.807) is 7.11 Å². The van der Waals surface area contributed by atoms with Crippen LogP contribution in [0.25, 0.3) is 16.5 Å². The van der Waals surface area contributed by atoms with Crippen molar-refractivity contribution in [3.05, 3.63) is 72.1 Å². The van der Waals surface area contributed by atoms with Crippen molar-refractivity contribution in [1.29, 1.82) is 0 Å². The summed E-state index contributed by atoms with van der Waals surface area (Å²) in [6.45, 7) is 5.93. The molecule has 100 valence electrons. The van der Waals surface area contributed by atoms with Gasteiger partial charge >= 0.3 is 0 Å². The first-order valence-corrected chi connectivity index (χ1v) is 6.52. The van der Waals surface area contributed by atoms with Gasteiger partial charge in [0, 0.05) is 5.57 Å². The van der Waals surface area contributed by atoms with Crippen LogP contribution in [-0.2, 0) is 0 Å². The summed E-state index contributed by atoms with van der Waals surface area (Å²) in [5, 5.41) is 0.988. The van der Waals surface area contributed by atoms with Gasteiger partial charge in [-0.3, -0.25) is 0 Å². The summed E-state index contributed by atoms with van der Waals surface area (Å²) in [5.41, 5.74) is 4.04. The minimum Gasteiger partial charge on any atom is -0.496 e. The van der Waals surface area contributed by atoms with Crippen LogP contribution >= 0.6 is 0 Å². The second-order valence-corrected chi connectivity index (χ2v) is 4.87. The van der Waals surface area contributed by atoms with Crippen molar-refractivity contribution in [2.24, 2.45) is 0 Å². The predicted molar refractivity (Wildman–Crippen MR) is 82.8 cm³/mol. The third kappa shape index (κ3) is 2.10. The van der Waals surface area contributed by atoms with Crippen molar-refractivity contribution in [3.63, 3.8) is 0 Å². The van der Waals surface area contributed by atoms with Gasteiger partial charge in [0.2, 0.25) is 0 Å². The third-order valence-corrected chi connectivity index (χ3v) is 3.26. The van der Waals surface area contributed by atoms with Gasteiger partial charge in [0.15, 0.2) is 0 Å². The van der Waals surface area contributed by atoms with E-state index < -0.39 is 0 Å². The van der Waals surface area contributed by atoms with E-state index in [1.807, 2.05) is 43.3 Å². The lowest BCUT2D eigenvalue weighted by Crippen LogP contribution is -1.91. The number of ether oxygens (including phenoxy) is 1. The Labute approximate surface area is 118 Å². The van der Waals surface area contributed by atoms with E-state index in [0.717, 1.165) is 39.2 Å². The van der Waals surface area contributed by atoms with Crippen LogP contribution in [0.15, 0.2) is 70.7 Å². The monoisotopic (exact) mass is 264 g/mol. The van der Waals surface area contributed by atoms with E-state index in [0.29, 0.717) is 0 Å². The molecule has 0 saturated carbocycles. The quantitative estimate of drug-likeness (QED) is 0.733. The van der Waals surface area contributed by atoms with E-state index in [1.165, 1.54) is 0 Å². The van der Waals surface area contributed by atoms with Crippen LogP contribution in [-0.4, -0.2) is 7.11 Å². The molecule has 0 saturated heterocycles. The molecule has 1 aliphatic rings. The summed E-state index contributed by atoms with van der Waals surface area (Å²) in [6.07, 6.45) is 8.20. The standard InChI is InChI=1S/C18H16O2/c1-12(2)10-14(13-6-4-7-13)18-11-15-16(19-3)8-5-9-17(15)20-18/h4-11H,1H2,2-3H3/b14-10+. The number of methoxy groups -OCH3 is 1. The molecule has 2 heteroatoms. The Bertz CT molecular complexity index is 770. The summed E-state index contributed by atoms with van der Waals surface area (Å²) in [4.78, 5) is 0. The molecule has 0 amide bonds. The molecule has 20 heavy (non-hydrogen) atoms. The molecule has 0 fully saturated rings. The molecular formula is C18H16O2. The van der Waals surface area contributed by atoms with Gasteiger partial charge in [-0.15, -0.1) is 0 Å². The van der Waals surface area contributed by atoms with Crippen LogP contribution in [0.1, 0.15) is 12.7 Å². The first-order chi connectivity index (χ1) is 9.69. The van der Waals surface area contributed by atoms with Crippen molar-refractivity contribution in [1.82, 2.24) is 0 Å². The smallest absolute Gasteiger partial charge is 0.138 e. The van der Waals surface area contributed by atoms with Gasteiger partial charge in [-0.05, 0) is 36.8 Å². The fourth-order valence-electron chi connectivity index (χ4n) is 2.26. The third-order valence-electron chi connectivity index (χ3n) is 3.26. The molecule has 1 aromatic carbocycles. The molecule has 0 bridgehead atoms. The van der Waals surface area contributed by atoms with E-state index in [-0.39, 0.29) is 0 Å². The maximum absolute atomic E-state index is 5.97. The second-order valence-electron chi connectivity index (χ2n) is 4.87. The van der Waals surface area contributed by atoms with Gasteiger partial charge < -0.3 is 9.15 Å². The molecular weight excluding hydrogens is 248 g/mol. The van der Waals surface area contributed by atoms with Crippen molar-refractivity contribution in [3.8, 4) is 5.75 Å². The number of allylic oxidation sites excluding steroid dienone is 7. The minimum atomic E-state index is 0.824. The largest absolute Gasteiger partial charge is 0.496 e. The van der Waals surface area contributed by atoms with E-state index in [4.69, 9.17) is 9.15 Å². The zero-order valence-corrected chi connectivity index (χ0v) is 11.6. The first kappa shape index (κ1) is 12.5. The van der Waals surface area contributed by atoms with Crippen molar-refractivity contribution < 1.29 is 9.15 Å². The number of hydrogen-bond acceptors (Lipinski definition) is 2. The molecule has 0 atom stereocenters. The van der Waals surface area contributed by atoms with Gasteiger partial charge in [0.1, 0.15) is 17.1 Å². The van der Waals surface area contributed by atoms with Crippen LogP contribution in [0.5, 0.6) is 5.75 Å². The molecule has 0 unspecified atom stereocenters. The normalized spacial score (nSPS) is 14.1. The zero-order valence-electron chi connectivity index (χ0n) is 11.6. The number of benzene rings is 1. The van der Waals surface area contributed by atoms with Gasteiger partial charge in [-0.2, -0.15) is 0 Å². The van der Waals surface area contributed by atoms with E-state index in [2.05, 4.69) is 18.7 Å². The number of fused-ring (bicyclic) bond motifs is 1. The zero-order chi connectivity index (χ0) is 14.1. The Morgan fingerprint density at radius 1 is 1.35 bits per heavy atom. The summed E-state index contributed by atoms with van der Waals surface area (Å²) in [7, 11) is 1.67. The highest BCUT2D eigenvalue weighted by Crippen LogP contribution is 2.35. The summed E-state index contributed by atoms with van der Waals surface area (Å²) in [5.74, 6) is 1.66. The van der Waals surface area contributed by atoms with Crippen LogP contribution < -0.4 is 4.74 Å². The number of rotatable bonds is 4. The van der Waals surface area contributed by atoms with Gasteiger partial charge in [0.25, 0.3) is 0 Å². The van der Waals surface area contributed by atoms with Gasteiger partial charge in [0.05, 0.1) is 12.5 Å². The fraction of sp³-hybridized carbons (Fsp3) is 0.111. The molecule has 0 N–H and O–H groups in total. The SMILES string of the molecule is C=C(C)/C=C(\C1=CC=C1)c1cc2c(OC)cccc2o1. The lowest BCUT2D eigenvalue weighted by molar-refractivity contribution is 0.419. The first-order valence-electron chi connectivity index (χ1n) is 6.52. The lowest BCUT2D eigenvalue weighted by Gasteiger charge is -2.10. The Kier molecular flexibility index (Phi) is 3.07. The molecule has 1 aromatic heterocycles. The molecule has 0 aliphatic heterocycles.